The minimum atomic E-state index is -0.594. The first kappa shape index (κ1) is 11.9. The summed E-state index contributed by atoms with van der Waals surface area (Å²) in [6.45, 7) is 0.807. The topological polar surface area (TPSA) is 46.3 Å². The van der Waals surface area contributed by atoms with Crippen LogP contribution in [-0.2, 0) is 0 Å². The van der Waals surface area contributed by atoms with Crippen molar-refractivity contribution in [2.75, 3.05) is 20.1 Å². The Labute approximate surface area is 92.6 Å². The van der Waals surface area contributed by atoms with Gasteiger partial charge in [0.05, 0.1) is 5.02 Å². The lowest BCUT2D eigenvalue weighted by Gasteiger charge is -2.15. The van der Waals surface area contributed by atoms with Gasteiger partial charge in [0.15, 0.2) is 0 Å². The molecule has 2 N–H and O–H groups in total. The molecule has 0 unspecified atom stereocenters. The minimum Gasteiger partial charge on any atom is -0.340 e. The largest absolute Gasteiger partial charge is 0.340 e. The van der Waals surface area contributed by atoms with Crippen molar-refractivity contribution in [1.29, 1.82) is 0 Å². The smallest absolute Gasteiger partial charge is 0.253 e. The van der Waals surface area contributed by atoms with E-state index in [1.807, 2.05) is 0 Å². The van der Waals surface area contributed by atoms with Gasteiger partial charge in [-0.2, -0.15) is 0 Å². The van der Waals surface area contributed by atoms with Crippen LogP contribution in [0.3, 0.4) is 0 Å². The lowest BCUT2D eigenvalue weighted by Crippen LogP contribution is -2.31. The van der Waals surface area contributed by atoms with E-state index in [4.69, 9.17) is 17.3 Å². The zero-order valence-electron chi connectivity index (χ0n) is 8.34. The molecule has 1 aromatic carbocycles. The quantitative estimate of drug-likeness (QED) is 0.856. The number of likely N-dealkylation sites (N-methyl/N-ethyl adjacent to an activating group) is 1. The summed E-state index contributed by atoms with van der Waals surface area (Å²) in [5.41, 5.74) is 5.58. The van der Waals surface area contributed by atoms with Crippen LogP contribution in [0.4, 0.5) is 4.39 Å². The molecular weight excluding hydrogens is 219 g/mol. The van der Waals surface area contributed by atoms with Crippen LogP contribution in [0.15, 0.2) is 18.2 Å². The van der Waals surface area contributed by atoms with Crippen LogP contribution in [0.5, 0.6) is 0 Å². The third kappa shape index (κ3) is 2.91. The van der Waals surface area contributed by atoms with E-state index < -0.39 is 5.82 Å². The third-order valence-corrected chi connectivity index (χ3v) is 2.28. The van der Waals surface area contributed by atoms with Gasteiger partial charge < -0.3 is 10.6 Å². The van der Waals surface area contributed by atoms with Crippen molar-refractivity contribution in [3.05, 3.63) is 34.6 Å². The molecule has 0 aromatic heterocycles. The summed E-state index contributed by atoms with van der Waals surface area (Å²) in [6.07, 6.45) is 0. The van der Waals surface area contributed by atoms with Gasteiger partial charge in [-0.15, -0.1) is 0 Å². The highest BCUT2D eigenvalue weighted by atomic mass is 35.5. The van der Waals surface area contributed by atoms with E-state index in [1.165, 1.54) is 17.0 Å². The second kappa shape index (κ2) is 5.09. The molecule has 0 bridgehead atoms. The number of halogens is 2. The average Bonchev–Trinajstić information content (AvgIpc) is 2.21. The zero-order chi connectivity index (χ0) is 11.4. The van der Waals surface area contributed by atoms with Gasteiger partial charge in [0.25, 0.3) is 5.91 Å². The molecule has 0 aliphatic rings. The van der Waals surface area contributed by atoms with E-state index in [1.54, 1.807) is 7.05 Å². The monoisotopic (exact) mass is 230 g/mol. The summed E-state index contributed by atoms with van der Waals surface area (Å²) in [5.74, 6) is -0.861. The molecule has 1 amide bonds. The normalized spacial score (nSPS) is 10.1. The van der Waals surface area contributed by atoms with Gasteiger partial charge in [0.2, 0.25) is 0 Å². The van der Waals surface area contributed by atoms with Crippen molar-refractivity contribution < 1.29 is 9.18 Å². The van der Waals surface area contributed by atoms with E-state index in [-0.39, 0.29) is 16.5 Å². The molecule has 82 valence electrons. The molecule has 1 aromatic rings. The maximum Gasteiger partial charge on any atom is 0.253 e. The maximum atomic E-state index is 13.1. The van der Waals surface area contributed by atoms with Gasteiger partial charge in [-0.1, -0.05) is 11.6 Å². The summed E-state index contributed by atoms with van der Waals surface area (Å²) in [5, 5.41) is 0.00743. The number of carbonyl (C=O) groups is 1. The van der Waals surface area contributed by atoms with Crippen molar-refractivity contribution in [3.63, 3.8) is 0 Å². The molecule has 3 nitrogen and oxygen atoms in total. The van der Waals surface area contributed by atoms with Crippen LogP contribution >= 0.6 is 11.6 Å². The van der Waals surface area contributed by atoms with Gasteiger partial charge in [0.1, 0.15) is 5.82 Å². The van der Waals surface area contributed by atoms with E-state index >= 15 is 0 Å². The molecule has 1 rings (SSSR count). The van der Waals surface area contributed by atoms with Crippen molar-refractivity contribution in [2.45, 2.75) is 0 Å². The Morgan fingerprint density at radius 1 is 1.60 bits per heavy atom. The predicted octanol–water partition coefficient (Wildman–Crippen LogP) is 1.51. The third-order valence-electron chi connectivity index (χ3n) is 1.98. The molecule has 0 saturated heterocycles. The first-order valence-electron chi connectivity index (χ1n) is 4.47. The average molecular weight is 231 g/mol. The summed E-state index contributed by atoms with van der Waals surface area (Å²) < 4.78 is 13.1. The number of nitrogens with two attached hydrogens (primary N) is 1. The number of hydrogen-bond donors (Lipinski definition) is 1. The molecule has 0 atom stereocenters. The Bertz CT molecular complexity index is 370. The van der Waals surface area contributed by atoms with E-state index in [0.29, 0.717) is 13.1 Å². The van der Waals surface area contributed by atoms with Crippen LogP contribution in [0.2, 0.25) is 5.02 Å². The van der Waals surface area contributed by atoms with Crippen LogP contribution < -0.4 is 5.73 Å². The number of nitrogens with zero attached hydrogens (tertiary/aromatic N) is 1. The van der Waals surface area contributed by atoms with E-state index in [9.17, 15) is 9.18 Å². The summed E-state index contributed by atoms with van der Waals surface area (Å²) >= 11 is 5.51. The fraction of sp³-hybridized carbons (Fsp3) is 0.300. The van der Waals surface area contributed by atoms with E-state index in [0.717, 1.165) is 6.07 Å². The first-order chi connectivity index (χ1) is 7.06. The zero-order valence-corrected chi connectivity index (χ0v) is 9.09. The van der Waals surface area contributed by atoms with Crippen molar-refractivity contribution in [1.82, 2.24) is 4.90 Å². The Morgan fingerprint density at radius 2 is 2.27 bits per heavy atom. The molecule has 0 heterocycles. The van der Waals surface area contributed by atoms with Crippen LogP contribution in [0, 0.1) is 5.82 Å². The van der Waals surface area contributed by atoms with E-state index in [2.05, 4.69) is 0 Å². The lowest BCUT2D eigenvalue weighted by atomic mass is 10.2. The van der Waals surface area contributed by atoms with Gasteiger partial charge in [0, 0.05) is 25.7 Å². The van der Waals surface area contributed by atoms with Crippen molar-refractivity contribution >= 4 is 17.5 Å². The van der Waals surface area contributed by atoms with Gasteiger partial charge in [-0.25, -0.2) is 4.39 Å². The standard InChI is InChI=1S/C10H12ClFN2O/c1-14(5-4-13)10(15)7-2-3-8(11)9(12)6-7/h2-3,6H,4-5,13H2,1H3. The minimum absolute atomic E-state index is 0.00743. The highest BCUT2D eigenvalue weighted by molar-refractivity contribution is 6.30. The fourth-order valence-corrected chi connectivity index (χ4v) is 1.26. The number of benzene rings is 1. The molecule has 0 fully saturated rings. The van der Waals surface area contributed by atoms with Crippen LogP contribution in [-0.4, -0.2) is 30.9 Å². The highest BCUT2D eigenvalue weighted by Gasteiger charge is 2.12. The number of hydrogen-bond acceptors (Lipinski definition) is 2. The highest BCUT2D eigenvalue weighted by Crippen LogP contribution is 2.16. The number of carbonyl (C=O) groups excluding carboxylic acids is 1. The molecule has 0 aliphatic carbocycles. The summed E-state index contributed by atoms with van der Waals surface area (Å²) in [4.78, 5) is 13.1. The SMILES string of the molecule is CN(CCN)C(=O)c1ccc(Cl)c(F)c1. The van der Waals surface area contributed by atoms with Crippen LogP contribution in [0.1, 0.15) is 10.4 Å². The molecule has 15 heavy (non-hydrogen) atoms. The second-order valence-corrected chi connectivity index (χ2v) is 3.55. The summed E-state index contributed by atoms with van der Waals surface area (Å²) in [7, 11) is 1.61. The molecular formula is C10H12ClFN2O. The van der Waals surface area contributed by atoms with Crippen molar-refractivity contribution in [2.24, 2.45) is 5.73 Å². The Hall–Kier alpha value is -1.13. The van der Waals surface area contributed by atoms with Gasteiger partial charge in [-0.05, 0) is 18.2 Å². The molecule has 0 radical (unpaired) electrons. The Kier molecular flexibility index (Phi) is 4.05. The van der Waals surface area contributed by atoms with Gasteiger partial charge >= 0.3 is 0 Å². The molecule has 0 spiro atoms. The Balaban J connectivity index is 2.87. The molecule has 5 heteroatoms. The first-order valence-corrected chi connectivity index (χ1v) is 4.84. The lowest BCUT2D eigenvalue weighted by molar-refractivity contribution is 0.0798. The molecule has 0 aliphatic heterocycles. The molecule has 0 saturated carbocycles. The predicted molar refractivity (Wildman–Crippen MR) is 57.4 cm³/mol. The van der Waals surface area contributed by atoms with Crippen molar-refractivity contribution in [3.8, 4) is 0 Å². The number of amides is 1. The fourth-order valence-electron chi connectivity index (χ4n) is 1.14. The second-order valence-electron chi connectivity index (χ2n) is 3.14. The maximum absolute atomic E-state index is 13.1. The summed E-state index contributed by atoms with van der Waals surface area (Å²) in [6, 6.07) is 3.97. The van der Waals surface area contributed by atoms with Gasteiger partial charge in [-0.3, -0.25) is 4.79 Å². The van der Waals surface area contributed by atoms with Crippen LogP contribution in [0.25, 0.3) is 0 Å². The number of rotatable bonds is 3. The Morgan fingerprint density at radius 3 is 2.80 bits per heavy atom.